The van der Waals surface area contributed by atoms with Gasteiger partial charge in [-0.05, 0) is 26.5 Å². The van der Waals surface area contributed by atoms with E-state index in [2.05, 4.69) is 25.4 Å². The molecule has 5 N–H and O–H groups in total. The summed E-state index contributed by atoms with van der Waals surface area (Å²) in [6.45, 7) is 7.90. The first kappa shape index (κ1) is 10.5. The first-order chi connectivity index (χ1) is 6.57. The third kappa shape index (κ3) is 1.85. The summed E-state index contributed by atoms with van der Waals surface area (Å²) in [4.78, 5) is 5.24. The van der Waals surface area contributed by atoms with Crippen LogP contribution in [0, 0.1) is 0 Å². The monoisotopic (exact) mass is 193 g/mol. The molecule has 0 bridgehead atoms. The summed E-state index contributed by atoms with van der Waals surface area (Å²) in [6, 6.07) is 2.03. The van der Waals surface area contributed by atoms with Gasteiger partial charge >= 0.3 is 0 Å². The number of quaternary nitrogens is 1. The fraction of sp³-hybridized carbons (Fsp3) is 0.300. The van der Waals surface area contributed by atoms with Crippen LogP contribution in [0.15, 0.2) is 25.0 Å². The van der Waals surface area contributed by atoms with Crippen molar-refractivity contribution in [3.63, 3.8) is 0 Å². The van der Waals surface area contributed by atoms with Gasteiger partial charge in [0.2, 0.25) is 0 Å². The zero-order valence-corrected chi connectivity index (χ0v) is 8.62. The van der Waals surface area contributed by atoms with Gasteiger partial charge in [-0.1, -0.05) is 0 Å². The number of rotatable bonds is 3. The Morgan fingerprint density at radius 1 is 1.50 bits per heavy atom. The minimum absolute atomic E-state index is 0.337. The van der Waals surface area contributed by atoms with Crippen molar-refractivity contribution in [2.75, 3.05) is 11.5 Å². The van der Waals surface area contributed by atoms with E-state index < -0.39 is 0 Å². The zero-order valence-electron chi connectivity index (χ0n) is 8.62. The summed E-state index contributed by atoms with van der Waals surface area (Å²) in [6.07, 6.45) is 3.44. The molecule has 1 rings (SSSR count). The Balaban J connectivity index is 3.16. The molecule has 0 aliphatic heterocycles. The fourth-order valence-corrected chi connectivity index (χ4v) is 1.32. The maximum Gasteiger partial charge on any atom is 0.256 e. The van der Waals surface area contributed by atoms with Crippen molar-refractivity contribution < 1.29 is 4.90 Å². The third-order valence-corrected chi connectivity index (χ3v) is 2.14. The Hall–Kier alpha value is -1.55. The number of hydrogen-bond acceptors (Lipinski definition) is 3. The second kappa shape index (κ2) is 4.11. The van der Waals surface area contributed by atoms with Crippen molar-refractivity contribution in [3.8, 4) is 0 Å². The van der Waals surface area contributed by atoms with Crippen LogP contribution in [0.4, 0.5) is 17.2 Å². The Morgan fingerprint density at radius 3 is 2.64 bits per heavy atom. The van der Waals surface area contributed by atoms with E-state index in [0.29, 0.717) is 17.4 Å². The first-order valence-corrected chi connectivity index (χ1v) is 4.57. The normalized spacial score (nSPS) is 12.8. The molecule has 1 atom stereocenters. The predicted molar refractivity (Wildman–Crippen MR) is 59.0 cm³/mol. The molecule has 1 heterocycles. The quantitative estimate of drug-likeness (QED) is 0.647. The van der Waals surface area contributed by atoms with Gasteiger partial charge in [0, 0.05) is 6.20 Å². The average molecular weight is 193 g/mol. The molecule has 14 heavy (non-hydrogen) atoms. The van der Waals surface area contributed by atoms with Gasteiger partial charge in [0.1, 0.15) is 5.69 Å². The van der Waals surface area contributed by atoms with Gasteiger partial charge in [-0.3, -0.25) is 4.90 Å². The van der Waals surface area contributed by atoms with Crippen molar-refractivity contribution in [2.24, 2.45) is 0 Å². The van der Waals surface area contributed by atoms with Crippen LogP contribution in [0.3, 0.4) is 0 Å². The molecule has 0 aliphatic carbocycles. The molecule has 0 amide bonds. The highest BCUT2D eigenvalue weighted by molar-refractivity contribution is 5.70. The lowest BCUT2D eigenvalue weighted by Gasteiger charge is -2.18. The third-order valence-electron chi connectivity index (χ3n) is 2.14. The van der Waals surface area contributed by atoms with Gasteiger partial charge in [0.25, 0.3) is 5.82 Å². The number of nitrogen functional groups attached to an aromatic ring is 2. The smallest absolute Gasteiger partial charge is 0.256 e. The second-order valence-electron chi connectivity index (χ2n) is 3.48. The standard InChI is InChI=1S/C10H16N4/c1-4-14(7(2)3)10-9(12)8(11)5-6-13-10/h4-7H,1,12H2,2-3H3,(H2,11,13)/p+1. The molecule has 76 valence electrons. The van der Waals surface area contributed by atoms with Crippen LogP contribution < -0.4 is 16.4 Å². The molecule has 1 unspecified atom stereocenters. The van der Waals surface area contributed by atoms with Crippen molar-refractivity contribution in [3.05, 3.63) is 25.0 Å². The van der Waals surface area contributed by atoms with Gasteiger partial charge in [0.05, 0.1) is 17.9 Å². The lowest BCUT2D eigenvalue weighted by Crippen LogP contribution is -3.06. The Morgan fingerprint density at radius 2 is 2.14 bits per heavy atom. The molecule has 1 aromatic rings. The molecule has 0 radical (unpaired) electrons. The highest BCUT2D eigenvalue weighted by atomic mass is 15.2. The van der Waals surface area contributed by atoms with Crippen LogP contribution in [0.1, 0.15) is 13.8 Å². The molecule has 1 aromatic heterocycles. The van der Waals surface area contributed by atoms with E-state index in [-0.39, 0.29) is 0 Å². The van der Waals surface area contributed by atoms with Gasteiger partial charge in [-0.25, -0.2) is 4.98 Å². The molecular weight excluding hydrogens is 176 g/mol. The van der Waals surface area contributed by atoms with Crippen molar-refractivity contribution in [2.45, 2.75) is 19.9 Å². The summed E-state index contributed by atoms with van der Waals surface area (Å²) in [7, 11) is 0. The first-order valence-electron chi connectivity index (χ1n) is 4.57. The van der Waals surface area contributed by atoms with Crippen molar-refractivity contribution in [1.82, 2.24) is 4.98 Å². The molecule has 0 saturated heterocycles. The van der Waals surface area contributed by atoms with E-state index in [4.69, 9.17) is 11.5 Å². The molecule has 4 heteroatoms. The average Bonchev–Trinajstić information content (AvgIpc) is 2.13. The van der Waals surface area contributed by atoms with Crippen LogP contribution >= 0.6 is 0 Å². The van der Waals surface area contributed by atoms with E-state index >= 15 is 0 Å². The molecule has 0 saturated carbocycles. The lowest BCUT2D eigenvalue weighted by atomic mass is 10.2. The molecule has 0 fully saturated rings. The topological polar surface area (TPSA) is 69.4 Å². The minimum atomic E-state index is 0.337. The Labute approximate surface area is 84.2 Å². The zero-order chi connectivity index (χ0) is 10.7. The van der Waals surface area contributed by atoms with Crippen LogP contribution in [0.5, 0.6) is 0 Å². The highest BCUT2D eigenvalue weighted by Gasteiger charge is 2.18. The van der Waals surface area contributed by atoms with Gasteiger partial charge in [-0.2, -0.15) is 0 Å². The van der Waals surface area contributed by atoms with Crippen molar-refractivity contribution >= 4 is 17.2 Å². The van der Waals surface area contributed by atoms with E-state index in [1.54, 1.807) is 18.5 Å². The highest BCUT2D eigenvalue weighted by Crippen LogP contribution is 2.18. The molecule has 4 nitrogen and oxygen atoms in total. The molecule has 0 aliphatic rings. The van der Waals surface area contributed by atoms with Crippen LogP contribution in [-0.2, 0) is 0 Å². The Kier molecular flexibility index (Phi) is 3.09. The summed E-state index contributed by atoms with van der Waals surface area (Å²) < 4.78 is 0. The van der Waals surface area contributed by atoms with Crippen LogP contribution in [0.2, 0.25) is 0 Å². The Bertz CT molecular complexity index is 333. The van der Waals surface area contributed by atoms with Crippen LogP contribution in [-0.4, -0.2) is 11.0 Å². The summed E-state index contributed by atoms with van der Waals surface area (Å²) in [5.74, 6) is 0.745. The largest absolute Gasteiger partial charge is 0.397 e. The molecule has 0 aromatic carbocycles. The van der Waals surface area contributed by atoms with Crippen LogP contribution in [0.25, 0.3) is 0 Å². The summed E-state index contributed by atoms with van der Waals surface area (Å²) in [5.41, 5.74) is 12.6. The number of pyridine rings is 1. The van der Waals surface area contributed by atoms with Gasteiger partial charge < -0.3 is 11.5 Å². The predicted octanol–water partition coefficient (Wildman–Crippen LogP) is 0.314. The number of aromatic nitrogens is 1. The summed E-state index contributed by atoms with van der Waals surface area (Å²) in [5, 5.41) is 0. The number of hydrogen-bond donors (Lipinski definition) is 3. The van der Waals surface area contributed by atoms with E-state index in [9.17, 15) is 0 Å². The van der Waals surface area contributed by atoms with Crippen molar-refractivity contribution in [1.29, 1.82) is 0 Å². The fourth-order valence-electron chi connectivity index (χ4n) is 1.32. The number of nitrogens with one attached hydrogen (secondary N) is 1. The molecule has 0 spiro atoms. The lowest BCUT2D eigenvalue weighted by molar-refractivity contribution is -0.802. The maximum atomic E-state index is 5.84. The number of anilines is 2. The minimum Gasteiger partial charge on any atom is -0.397 e. The molecular formula is C10H17N4+. The van der Waals surface area contributed by atoms with Gasteiger partial charge in [0.15, 0.2) is 0 Å². The van der Waals surface area contributed by atoms with Gasteiger partial charge in [-0.15, -0.1) is 0 Å². The summed E-state index contributed by atoms with van der Waals surface area (Å²) >= 11 is 0. The number of nitrogens with zero attached hydrogens (tertiary/aromatic N) is 1. The SMILES string of the molecule is C=C[NH+](c1nccc(N)c1N)C(C)C. The van der Waals surface area contributed by atoms with E-state index in [1.165, 1.54) is 0 Å². The number of nitrogens with two attached hydrogens (primary N) is 2. The van der Waals surface area contributed by atoms with E-state index in [1.807, 2.05) is 0 Å². The van der Waals surface area contributed by atoms with E-state index in [0.717, 1.165) is 10.7 Å². The maximum absolute atomic E-state index is 5.84. The second-order valence-corrected chi connectivity index (χ2v) is 3.48.